The minimum Gasteiger partial charge on any atom is -0.496 e. The van der Waals surface area contributed by atoms with E-state index in [1.807, 2.05) is 0 Å². The van der Waals surface area contributed by atoms with Gasteiger partial charge >= 0.3 is 5.97 Å². The molecule has 1 aliphatic carbocycles. The van der Waals surface area contributed by atoms with Crippen molar-refractivity contribution in [2.24, 2.45) is 0 Å². The molecule has 1 aromatic rings. The Balaban J connectivity index is 2.73. The second kappa shape index (κ2) is 5.04. The first-order valence-electron chi connectivity index (χ1n) is 6.62. The Morgan fingerprint density at radius 2 is 1.95 bits per heavy atom. The lowest BCUT2D eigenvalue weighted by molar-refractivity contribution is -0.143. The Labute approximate surface area is 116 Å². The largest absolute Gasteiger partial charge is 0.496 e. The molecule has 0 spiro atoms. The molecule has 1 N–H and O–H groups in total. The summed E-state index contributed by atoms with van der Waals surface area (Å²) in [6.45, 7) is 0.787. The molecule has 0 bridgehead atoms. The van der Waals surface area contributed by atoms with Gasteiger partial charge in [-0.25, -0.2) is 8.78 Å². The Kier molecular flexibility index (Phi) is 3.71. The molecule has 0 heterocycles. The lowest BCUT2D eigenvalue weighted by atomic mass is 9.75. The molecule has 0 unspecified atom stereocenters. The molecule has 1 fully saturated rings. The number of aliphatic carboxylic acids is 1. The average Bonchev–Trinajstić information content (AvgIpc) is 2.87. The van der Waals surface area contributed by atoms with Crippen molar-refractivity contribution in [3.63, 3.8) is 0 Å². The zero-order valence-corrected chi connectivity index (χ0v) is 11.6. The number of halogens is 2. The maximum atomic E-state index is 13.9. The molecule has 1 saturated carbocycles. The van der Waals surface area contributed by atoms with Gasteiger partial charge in [0.05, 0.1) is 12.5 Å². The molecule has 0 atom stereocenters. The number of hydrogen-bond donors (Lipinski definition) is 1. The van der Waals surface area contributed by atoms with Crippen LogP contribution >= 0.6 is 0 Å². The van der Waals surface area contributed by atoms with Gasteiger partial charge in [0.2, 0.25) is 0 Å². The van der Waals surface area contributed by atoms with Crippen molar-refractivity contribution < 1.29 is 23.4 Å². The summed E-state index contributed by atoms with van der Waals surface area (Å²) in [4.78, 5) is 11.8. The summed E-state index contributed by atoms with van der Waals surface area (Å²) in [5.74, 6) is -3.92. The molecule has 0 aliphatic heterocycles. The number of benzene rings is 1. The van der Waals surface area contributed by atoms with E-state index in [1.165, 1.54) is 19.2 Å². The van der Waals surface area contributed by atoms with E-state index >= 15 is 0 Å². The van der Waals surface area contributed by atoms with Crippen LogP contribution in [-0.2, 0) is 16.1 Å². The molecule has 1 aliphatic rings. The average molecular weight is 284 g/mol. The van der Waals surface area contributed by atoms with E-state index in [9.17, 15) is 18.7 Å². The lowest BCUT2D eigenvalue weighted by Crippen LogP contribution is -2.35. The third-order valence-electron chi connectivity index (χ3n) is 4.06. The third kappa shape index (κ3) is 2.25. The zero-order chi connectivity index (χ0) is 15.0. The summed E-state index contributed by atoms with van der Waals surface area (Å²) in [7, 11) is 1.38. The molecule has 0 amide bonds. The van der Waals surface area contributed by atoms with Crippen LogP contribution in [0, 0.1) is 0 Å². The number of carboxylic acids is 1. The molecule has 20 heavy (non-hydrogen) atoms. The van der Waals surface area contributed by atoms with E-state index < -0.39 is 17.3 Å². The molecule has 5 heteroatoms. The van der Waals surface area contributed by atoms with Gasteiger partial charge in [0, 0.05) is 18.1 Å². The van der Waals surface area contributed by atoms with Crippen LogP contribution in [0.5, 0.6) is 5.75 Å². The van der Waals surface area contributed by atoms with Gasteiger partial charge in [-0.1, -0.05) is 25.0 Å². The van der Waals surface area contributed by atoms with Crippen LogP contribution in [0.4, 0.5) is 8.78 Å². The van der Waals surface area contributed by atoms with E-state index in [4.69, 9.17) is 4.74 Å². The van der Waals surface area contributed by atoms with Crippen molar-refractivity contribution in [1.82, 2.24) is 0 Å². The Morgan fingerprint density at radius 3 is 2.40 bits per heavy atom. The number of hydrogen-bond acceptors (Lipinski definition) is 2. The van der Waals surface area contributed by atoms with Crippen LogP contribution in [0.1, 0.15) is 43.7 Å². The van der Waals surface area contributed by atoms with E-state index in [-0.39, 0.29) is 16.9 Å². The van der Waals surface area contributed by atoms with Gasteiger partial charge in [0.15, 0.2) is 0 Å². The Morgan fingerprint density at radius 1 is 1.35 bits per heavy atom. The van der Waals surface area contributed by atoms with Gasteiger partial charge in [-0.3, -0.25) is 4.79 Å². The van der Waals surface area contributed by atoms with Crippen molar-refractivity contribution in [3.8, 4) is 5.75 Å². The van der Waals surface area contributed by atoms with Crippen LogP contribution in [0.3, 0.4) is 0 Å². The molecule has 110 valence electrons. The Hall–Kier alpha value is -1.65. The van der Waals surface area contributed by atoms with Gasteiger partial charge in [0.1, 0.15) is 5.75 Å². The lowest BCUT2D eigenvalue weighted by Gasteiger charge is -2.30. The van der Waals surface area contributed by atoms with Crippen LogP contribution in [0.2, 0.25) is 0 Å². The summed E-state index contributed by atoms with van der Waals surface area (Å²) < 4.78 is 32.9. The smallest absolute Gasteiger partial charge is 0.314 e. The van der Waals surface area contributed by atoms with E-state index in [0.717, 1.165) is 19.8 Å². The summed E-state index contributed by atoms with van der Waals surface area (Å²) in [5, 5.41) is 9.63. The van der Waals surface area contributed by atoms with Gasteiger partial charge in [0.25, 0.3) is 5.92 Å². The Bertz CT molecular complexity index is 514. The highest BCUT2D eigenvalue weighted by Gasteiger charge is 2.48. The molecule has 2 rings (SSSR count). The predicted octanol–water partition coefficient (Wildman–Crippen LogP) is 3.70. The van der Waals surface area contributed by atoms with Crippen LogP contribution in [0.15, 0.2) is 18.2 Å². The number of ether oxygens (including phenoxy) is 1. The fourth-order valence-electron chi connectivity index (χ4n) is 3.11. The van der Waals surface area contributed by atoms with E-state index in [2.05, 4.69) is 0 Å². The number of alkyl halides is 2. The van der Waals surface area contributed by atoms with E-state index in [1.54, 1.807) is 6.07 Å². The molecular weight excluding hydrogens is 266 g/mol. The fourth-order valence-corrected chi connectivity index (χ4v) is 3.11. The van der Waals surface area contributed by atoms with Crippen molar-refractivity contribution in [2.75, 3.05) is 7.11 Å². The number of carbonyl (C=O) groups is 1. The molecular formula is C15H18F2O3. The van der Waals surface area contributed by atoms with Crippen molar-refractivity contribution >= 4 is 5.97 Å². The molecule has 0 aromatic heterocycles. The monoisotopic (exact) mass is 284 g/mol. The van der Waals surface area contributed by atoms with E-state index in [0.29, 0.717) is 12.8 Å². The highest BCUT2D eigenvalue weighted by molar-refractivity contribution is 5.83. The quantitative estimate of drug-likeness (QED) is 0.917. The summed E-state index contributed by atoms with van der Waals surface area (Å²) >= 11 is 0. The van der Waals surface area contributed by atoms with Crippen LogP contribution in [-0.4, -0.2) is 18.2 Å². The number of rotatable bonds is 4. The van der Waals surface area contributed by atoms with Crippen LogP contribution in [0.25, 0.3) is 0 Å². The maximum absolute atomic E-state index is 13.9. The second-order valence-corrected chi connectivity index (χ2v) is 5.37. The molecule has 0 saturated heterocycles. The third-order valence-corrected chi connectivity index (χ3v) is 4.06. The minimum absolute atomic E-state index is 0.139. The first-order chi connectivity index (χ1) is 9.33. The fraction of sp³-hybridized carbons (Fsp3) is 0.533. The first kappa shape index (κ1) is 14.8. The van der Waals surface area contributed by atoms with Crippen molar-refractivity contribution in [1.29, 1.82) is 0 Å². The molecule has 3 nitrogen and oxygen atoms in total. The minimum atomic E-state index is -3.10. The van der Waals surface area contributed by atoms with Gasteiger partial charge in [-0.05, 0) is 18.9 Å². The van der Waals surface area contributed by atoms with Gasteiger partial charge in [-0.15, -0.1) is 0 Å². The highest BCUT2D eigenvalue weighted by Crippen LogP contribution is 2.49. The van der Waals surface area contributed by atoms with Gasteiger partial charge < -0.3 is 9.84 Å². The highest BCUT2D eigenvalue weighted by atomic mass is 19.3. The maximum Gasteiger partial charge on any atom is 0.314 e. The van der Waals surface area contributed by atoms with Crippen molar-refractivity contribution in [3.05, 3.63) is 29.3 Å². The summed E-state index contributed by atoms with van der Waals surface area (Å²) in [5.41, 5.74) is -1.37. The van der Waals surface area contributed by atoms with Gasteiger partial charge in [-0.2, -0.15) is 0 Å². The number of methoxy groups -OCH3 is 1. The SMILES string of the molecule is COc1cccc(C(C)(F)F)c1C1(C(=O)O)CCCC1. The van der Waals surface area contributed by atoms with Crippen LogP contribution < -0.4 is 4.74 Å². The topological polar surface area (TPSA) is 46.5 Å². The van der Waals surface area contributed by atoms with Crippen molar-refractivity contribution in [2.45, 2.75) is 43.9 Å². The zero-order valence-electron chi connectivity index (χ0n) is 11.6. The number of carboxylic acid groups (broad SMARTS) is 1. The predicted molar refractivity (Wildman–Crippen MR) is 70.3 cm³/mol. The standard InChI is InChI=1S/C15H18F2O3/c1-14(16,17)10-6-5-7-11(20-2)12(10)15(13(18)19)8-3-4-9-15/h5-7H,3-4,8-9H2,1-2H3,(H,18,19). The molecule has 1 aromatic carbocycles. The summed E-state index contributed by atoms with van der Waals surface area (Å²) in [6.07, 6.45) is 2.18. The first-order valence-corrected chi connectivity index (χ1v) is 6.62. The molecule has 0 radical (unpaired) electrons. The second-order valence-electron chi connectivity index (χ2n) is 5.37. The summed E-state index contributed by atoms with van der Waals surface area (Å²) in [6, 6.07) is 4.31. The normalized spacial score (nSPS) is 18.0.